The molecular weight excluding hydrogens is 582 g/mol. The number of benzene rings is 1. The van der Waals surface area contributed by atoms with Crippen LogP contribution in [0.4, 0.5) is 11.4 Å². The van der Waals surface area contributed by atoms with Crippen molar-refractivity contribution in [3.05, 3.63) is 83.0 Å². The third kappa shape index (κ3) is 6.15. The SMILES string of the molecule is Cc1ccc(N2C(=O)c3cc(n(C)c3C)C3=CC(Cl)CC=C3C(=O)N3CCCC(COOCCOc4ncc2cn4)C3)cc1. The Bertz CT molecular complexity index is 1600. The van der Waals surface area contributed by atoms with E-state index in [1.807, 2.05) is 72.8 Å². The van der Waals surface area contributed by atoms with Crippen LogP contribution in [0.15, 0.2) is 60.5 Å². The lowest BCUT2D eigenvalue weighted by Gasteiger charge is -2.34. The molecule has 0 spiro atoms. The second-order valence-corrected chi connectivity index (χ2v) is 12.0. The number of amides is 2. The fourth-order valence-corrected chi connectivity index (χ4v) is 6.12. The summed E-state index contributed by atoms with van der Waals surface area (Å²) < 4.78 is 7.60. The molecule has 1 fully saturated rings. The van der Waals surface area contributed by atoms with E-state index in [1.165, 1.54) is 0 Å². The fraction of sp³-hybridized carbons (Fsp3) is 0.394. The Kier molecular flexibility index (Phi) is 8.83. The number of halogens is 1. The maximum atomic E-state index is 14.4. The number of aryl methyl sites for hydroxylation is 1. The molecule has 0 radical (unpaired) electrons. The number of hydrogen-bond donors (Lipinski definition) is 0. The Morgan fingerprint density at radius 3 is 2.50 bits per heavy atom. The minimum atomic E-state index is -0.271. The normalized spacial score (nSPS) is 21.6. The molecule has 3 aliphatic heterocycles. The Hall–Kier alpha value is -3.99. The molecule has 1 aliphatic carbocycles. The summed E-state index contributed by atoms with van der Waals surface area (Å²) in [6.07, 6.45) is 9.34. The van der Waals surface area contributed by atoms with E-state index in [4.69, 9.17) is 26.1 Å². The first kappa shape index (κ1) is 30.1. The van der Waals surface area contributed by atoms with Crippen molar-refractivity contribution in [3.63, 3.8) is 0 Å². The summed E-state index contributed by atoms with van der Waals surface area (Å²) in [5, 5.41) is -0.271. The maximum absolute atomic E-state index is 14.4. The van der Waals surface area contributed by atoms with E-state index >= 15 is 0 Å². The van der Waals surface area contributed by atoms with E-state index < -0.39 is 0 Å². The van der Waals surface area contributed by atoms with Crippen LogP contribution in [0.25, 0.3) is 5.57 Å². The smallest absolute Gasteiger partial charge is 0.316 e. The number of hydrogen-bond acceptors (Lipinski definition) is 7. The van der Waals surface area contributed by atoms with E-state index in [1.54, 1.807) is 17.3 Å². The van der Waals surface area contributed by atoms with Gasteiger partial charge in [0.2, 0.25) is 0 Å². The van der Waals surface area contributed by atoms with Crippen molar-refractivity contribution in [3.8, 4) is 6.01 Å². The molecule has 2 amide bonds. The third-order valence-corrected chi connectivity index (χ3v) is 8.72. The number of ether oxygens (including phenoxy) is 1. The lowest BCUT2D eigenvalue weighted by Crippen LogP contribution is -2.42. The molecule has 10 nitrogen and oxygen atoms in total. The van der Waals surface area contributed by atoms with Gasteiger partial charge in [-0.2, -0.15) is 0 Å². The van der Waals surface area contributed by atoms with Gasteiger partial charge >= 0.3 is 6.01 Å². The van der Waals surface area contributed by atoms with Gasteiger partial charge in [-0.3, -0.25) is 14.5 Å². The van der Waals surface area contributed by atoms with Gasteiger partial charge in [-0.25, -0.2) is 19.7 Å². The van der Waals surface area contributed by atoms with Crippen LogP contribution in [0.3, 0.4) is 0 Å². The first-order chi connectivity index (χ1) is 21.3. The van der Waals surface area contributed by atoms with Crippen molar-refractivity contribution < 1.29 is 24.1 Å². The molecule has 230 valence electrons. The van der Waals surface area contributed by atoms with Crippen LogP contribution in [0, 0.1) is 19.8 Å². The maximum Gasteiger partial charge on any atom is 0.316 e. The number of nitrogens with zero attached hydrogens (tertiary/aromatic N) is 5. The molecule has 1 saturated heterocycles. The van der Waals surface area contributed by atoms with E-state index in [-0.39, 0.29) is 42.3 Å². The highest BCUT2D eigenvalue weighted by atomic mass is 35.5. The molecule has 1 aromatic carbocycles. The monoisotopic (exact) mass is 617 g/mol. The van der Waals surface area contributed by atoms with Crippen LogP contribution >= 0.6 is 11.6 Å². The molecular formula is C33H36ClN5O5. The standard InChI is InChI=1S/C33H36ClN5O5/c1-21-6-9-25(10-7-21)39-26-17-35-33(36-18-26)42-13-14-43-44-20-23-5-4-12-38(19-23)31(40)27-11-8-24(34)15-29(27)30-16-28(32(39)41)22(2)37(30)3/h6-7,9-11,15-18,23-24H,4-5,8,12-14,19-20H2,1-3H3. The van der Waals surface area contributed by atoms with Crippen LogP contribution in [-0.2, 0) is 21.6 Å². The van der Waals surface area contributed by atoms with Gasteiger partial charge in [-0.1, -0.05) is 29.8 Å². The number of rotatable bonds is 1. The summed E-state index contributed by atoms with van der Waals surface area (Å²) in [7, 11) is 1.90. The van der Waals surface area contributed by atoms with Crippen molar-refractivity contribution in [2.75, 3.05) is 37.8 Å². The highest BCUT2D eigenvalue weighted by Gasteiger charge is 2.32. The highest BCUT2D eigenvalue weighted by Crippen LogP contribution is 2.36. The van der Waals surface area contributed by atoms with Gasteiger partial charge in [-0.15, -0.1) is 11.6 Å². The van der Waals surface area contributed by atoms with Crippen LogP contribution in [0.2, 0.25) is 0 Å². The number of piperidine rings is 1. The van der Waals surface area contributed by atoms with Crippen molar-refractivity contribution in [2.45, 2.75) is 38.5 Å². The van der Waals surface area contributed by atoms with Gasteiger partial charge in [0.15, 0.2) is 0 Å². The molecule has 2 atom stereocenters. The average molecular weight is 618 g/mol. The summed E-state index contributed by atoms with van der Waals surface area (Å²) in [5.74, 6) is -0.156. The number of alkyl halides is 1. The zero-order valence-electron chi connectivity index (χ0n) is 25.2. The molecule has 2 unspecified atom stereocenters. The lowest BCUT2D eigenvalue weighted by molar-refractivity contribution is -0.304. The molecule has 2 aromatic heterocycles. The second kappa shape index (κ2) is 12.9. The van der Waals surface area contributed by atoms with Gasteiger partial charge in [0, 0.05) is 54.3 Å². The van der Waals surface area contributed by atoms with E-state index in [0.29, 0.717) is 48.6 Å². The number of aromatic nitrogens is 3. The molecule has 11 heteroatoms. The highest BCUT2D eigenvalue weighted by molar-refractivity contribution is 6.24. The van der Waals surface area contributed by atoms with Crippen molar-refractivity contribution in [1.29, 1.82) is 0 Å². The van der Waals surface area contributed by atoms with Crippen LogP contribution in [0.5, 0.6) is 6.01 Å². The number of allylic oxidation sites excluding steroid dienone is 2. The van der Waals surface area contributed by atoms with Crippen molar-refractivity contribution in [2.24, 2.45) is 13.0 Å². The van der Waals surface area contributed by atoms with Crippen LogP contribution in [0.1, 0.15) is 46.6 Å². The minimum Gasteiger partial charge on any atom is -0.461 e. The summed E-state index contributed by atoms with van der Waals surface area (Å²) in [6.45, 7) is 5.87. The zero-order chi connectivity index (χ0) is 30.8. The predicted molar refractivity (Wildman–Crippen MR) is 167 cm³/mol. The Morgan fingerprint density at radius 2 is 1.73 bits per heavy atom. The van der Waals surface area contributed by atoms with Crippen molar-refractivity contribution in [1.82, 2.24) is 19.4 Å². The molecule has 3 aromatic rings. The van der Waals surface area contributed by atoms with E-state index in [9.17, 15) is 9.59 Å². The Labute approximate surface area is 261 Å². The number of fused-ring (bicyclic) bond motifs is 8. The Balaban J connectivity index is 1.44. The number of anilines is 2. The zero-order valence-corrected chi connectivity index (χ0v) is 25.9. The van der Waals surface area contributed by atoms with Gasteiger partial charge in [0.1, 0.15) is 13.2 Å². The van der Waals surface area contributed by atoms with Gasteiger partial charge in [-0.05, 0) is 51.3 Å². The predicted octanol–water partition coefficient (Wildman–Crippen LogP) is 5.31. The molecule has 7 rings (SSSR count). The topological polar surface area (TPSA) is 99.0 Å². The molecule has 0 saturated carbocycles. The number of carbonyl (C=O) groups is 2. The van der Waals surface area contributed by atoms with Crippen molar-refractivity contribution >= 4 is 40.4 Å². The Morgan fingerprint density at radius 1 is 0.955 bits per heavy atom. The van der Waals surface area contributed by atoms with E-state index in [0.717, 1.165) is 35.4 Å². The molecule has 4 aliphatic rings. The summed E-state index contributed by atoms with van der Waals surface area (Å²) in [4.78, 5) is 51.5. The first-order valence-corrected chi connectivity index (χ1v) is 15.4. The third-order valence-electron chi connectivity index (χ3n) is 8.42. The quantitative estimate of drug-likeness (QED) is 0.270. The van der Waals surface area contributed by atoms with Crippen LogP contribution < -0.4 is 9.64 Å². The summed E-state index contributed by atoms with van der Waals surface area (Å²) >= 11 is 6.63. The largest absolute Gasteiger partial charge is 0.461 e. The summed E-state index contributed by atoms with van der Waals surface area (Å²) in [5.41, 5.74) is 5.53. The summed E-state index contributed by atoms with van der Waals surface area (Å²) in [6, 6.07) is 9.70. The molecule has 5 heterocycles. The minimum absolute atomic E-state index is 0.0465. The second-order valence-electron chi connectivity index (χ2n) is 11.5. The first-order valence-electron chi connectivity index (χ1n) is 14.9. The molecule has 44 heavy (non-hydrogen) atoms. The van der Waals surface area contributed by atoms with E-state index in [2.05, 4.69) is 9.97 Å². The van der Waals surface area contributed by atoms with Crippen LogP contribution in [-0.4, -0.2) is 69.5 Å². The average Bonchev–Trinajstić information content (AvgIpc) is 3.33. The van der Waals surface area contributed by atoms with Gasteiger partial charge in [0.25, 0.3) is 11.8 Å². The lowest BCUT2D eigenvalue weighted by atomic mass is 9.92. The number of carbonyl (C=O) groups excluding carboxylic acids is 2. The molecule has 6 bridgehead atoms. The fourth-order valence-electron chi connectivity index (χ4n) is 5.90. The van der Waals surface area contributed by atoms with Gasteiger partial charge < -0.3 is 14.2 Å². The van der Waals surface area contributed by atoms with Gasteiger partial charge in [0.05, 0.1) is 35.6 Å². The molecule has 0 N–H and O–H groups in total.